The Hall–Kier alpha value is -1.82. The standard InChI is InChI=1S/C16H24FN3O2/c1-3-18-16(20-8-7-13(21)11-20)19-10-12-5-6-15(22-4-2)14(17)9-12/h5-6,9,13,21H,3-4,7-8,10-11H2,1-2H3,(H,18,19)/t13-/m1/s1. The molecule has 2 rings (SSSR count). The fraction of sp³-hybridized carbons (Fsp3) is 0.562. The van der Waals surface area contributed by atoms with Crippen LogP contribution in [-0.4, -0.2) is 48.3 Å². The summed E-state index contributed by atoms with van der Waals surface area (Å²) in [5.41, 5.74) is 0.788. The van der Waals surface area contributed by atoms with E-state index in [4.69, 9.17) is 4.74 Å². The van der Waals surface area contributed by atoms with Gasteiger partial charge in [-0.05, 0) is 38.0 Å². The maximum absolute atomic E-state index is 13.8. The van der Waals surface area contributed by atoms with Crippen molar-refractivity contribution in [2.75, 3.05) is 26.2 Å². The highest BCUT2D eigenvalue weighted by Crippen LogP contribution is 2.19. The highest BCUT2D eigenvalue weighted by Gasteiger charge is 2.22. The minimum Gasteiger partial charge on any atom is -0.491 e. The molecular formula is C16H24FN3O2. The summed E-state index contributed by atoms with van der Waals surface area (Å²) in [5, 5.41) is 12.8. The normalized spacial score (nSPS) is 18.6. The van der Waals surface area contributed by atoms with Gasteiger partial charge in [-0.15, -0.1) is 0 Å². The SMILES string of the molecule is CCNC(=NCc1ccc(OCC)c(F)c1)N1CC[C@@H](O)C1. The van der Waals surface area contributed by atoms with Gasteiger partial charge in [-0.2, -0.15) is 0 Å². The van der Waals surface area contributed by atoms with Crippen molar-refractivity contribution in [3.63, 3.8) is 0 Å². The van der Waals surface area contributed by atoms with Crippen molar-refractivity contribution >= 4 is 5.96 Å². The average molecular weight is 309 g/mol. The Kier molecular flexibility index (Phi) is 6.00. The molecule has 1 aliphatic heterocycles. The lowest BCUT2D eigenvalue weighted by Crippen LogP contribution is -2.40. The predicted octanol–water partition coefficient (Wildman–Crippen LogP) is 1.76. The highest BCUT2D eigenvalue weighted by atomic mass is 19.1. The van der Waals surface area contributed by atoms with Crippen molar-refractivity contribution in [2.45, 2.75) is 32.9 Å². The van der Waals surface area contributed by atoms with E-state index in [1.807, 2.05) is 24.8 Å². The third-order valence-corrected chi connectivity index (χ3v) is 3.51. The monoisotopic (exact) mass is 309 g/mol. The summed E-state index contributed by atoms with van der Waals surface area (Å²) in [5.74, 6) is 0.661. The third kappa shape index (κ3) is 4.34. The molecule has 5 nitrogen and oxygen atoms in total. The Bertz CT molecular complexity index is 522. The van der Waals surface area contributed by atoms with Gasteiger partial charge in [0.05, 0.1) is 19.3 Å². The van der Waals surface area contributed by atoms with Crippen LogP contribution in [0, 0.1) is 5.82 Å². The molecule has 6 heteroatoms. The van der Waals surface area contributed by atoms with Crippen molar-refractivity contribution < 1.29 is 14.2 Å². The summed E-state index contributed by atoms with van der Waals surface area (Å²) in [6, 6.07) is 4.91. The zero-order valence-electron chi connectivity index (χ0n) is 13.2. The van der Waals surface area contributed by atoms with Gasteiger partial charge in [0.25, 0.3) is 0 Å². The van der Waals surface area contributed by atoms with E-state index in [0.717, 1.165) is 31.0 Å². The van der Waals surface area contributed by atoms with Crippen molar-refractivity contribution in [2.24, 2.45) is 4.99 Å². The fourth-order valence-electron chi connectivity index (χ4n) is 2.44. The number of benzene rings is 1. The molecule has 0 bridgehead atoms. The van der Waals surface area contributed by atoms with Crippen molar-refractivity contribution in [3.8, 4) is 5.75 Å². The van der Waals surface area contributed by atoms with Gasteiger partial charge in [-0.3, -0.25) is 0 Å². The van der Waals surface area contributed by atoms with Gasteiger partial charge in [0.1, 0.15) is 0 Å². The lowest BCUT2D eigenvalue weighted by molar-refractivity contribution is 0.188. The first kappa shape index (κ1) is 16.5. The van der Waals surface area contributed by atoms with Crippen molar-refractivity contribution in [1.82, 2.24) is 10.2 Å². The lowest BCUT2D eigenvalue weighted by atomic mass is 10.2. The lowest BCUT2D eigenvalue weighted by Gasteiger charge is -2.21. The van der Waals surface area contributed by atoms with E-state index >= 15 is 0 Å². The Balaban J connectivity index is 2.05. The number of aliphatic hydroxyl groups is 1. The molecule has 1 aromatic rings. The fourth-order valence-corrected chi connectivity index (χ4v) is 2.44. The van der Waals surface area contributed by atoms with E-state index in [2.05, 4.69) is 10.3 Å². The van der Waals surface area contributed by atoms with E-state index < -0.39 is 0 Å². The molecule has 0 amide bonds. The Morgan fingerprint density at radius 1 is 1.50 bits per heavy atom. The van der Waals surface area contributed by atoms with E-state index in [-0.39, 0.29) is 17.7 Å². The van der Waals surface area contributed by atoms with Gasteiger partial charge >= 0.3 is 0 Å². The van der Waals surface area contributed by atoms with Gasteiger partial charge < -0.3 is 20.1 Å². The largest absolute Gasteiger partial charge is 0.491 e. The zero-order chi connectivity index (χ0) is 15.9. The van der Waals surface area contributed by atoms with Crippen molar-refractivity contribution in [1.29, 1.82) is 0 Å². The third-order valence-electron chi connectivity index (χ3n) is 3.51. The summed E-state index contributed by atoms with van der Waals surface area (Å²) in [6.07, 6.45) is 0.453. The quantitative estimate of drug-likeness (QED) is 0.643. The van der Waals surface area contributed by atoms with Crippen LogP contribution in [0.3, 0.4) is 0 Å². The second-order valence-corrected chi connectivity index (χ2v) is 5.26. The number of aliphatic imine (C=N–C) groups is 1. The molecule has 122 valence electrons. The maximum Gasteiger partial charge on any atom is 0.194 e. The van der Waals surface area contributed by atoms with Gasteiger partial charge in [0.2, 0.25) is 0 Å². The smallest absolute Gasteiger partial charge is 0.194 e. The first-order valence-corrected chi connectivity index (χ1v) is 7.76. The molecule has 0 unspecified atom stereocenters. The number of nitrogens with zero attached hydrogens (tertiary/aromatic N) is 2. The number of hydrogen-bond acceptors (Lipinski definition) is 3. The summed E-state index contributed by atoms with van der Waals surface area (Å²) in [7, 11) is 0. The number of β-amino-alcohol motifs (C(OH)–C–C–N with tert-alkyl or cyclic N) is 1. The highest BCUT2D eigenvalue weighted by molar-refractivity contribution is 5.80. The molecule has 0 aromatic heterocycles. The predicted molar refractivity (Wildman–Crippen MR) is 84.6 cm³/mol. The Morgan fingerprint density at radius 3 is 2.91 bits per heavy atom. The summed E-state index contributed by atoms with van der Waals surface area (Å²) < 4.78 is 19.0. The number of aliphatic hydroxyl groups excluding tert-OH is 1. The number of guanidine groups is 1. The summed E-state index contributed by atoms with van der Waals surface area (Å²) in [4.78, 5) is 6.56. The number of halogens is 1. The van der Waals surface area contributed by atoms with Crippen LogP contribution >= 0.6 is 0 Å². The van der Waals surface area contributed by atoms with Gasteiger partial charge in [-0.1, -0.05) is 6.07 Å². The van der Waals surface area contributed by atoms with Crippen LogP contribution in [0.15, 0.2) is 23.2 Å². The van der Waals surface area contributed by atoms with E-state index in [1.165, 1.54) is 6.07 Å². The summed E-state index contributed by atoms with van der Waals surface area (Å²) >= 11 is 0. The molecule has 1 heterocycles. The molecule has 0 spiro atoms. The topological polar surface area (TPSA) is 57.1 Å². The number of ether oxygens (including phenoxy) is 1. The second kappa shape index (κ2) is 7.98. The number of rotatable bonds is 5. The van der Waals surface area contributed by atoms with Gasteiger partial charge in [-0.25, -0.2) is 9.38 Å². The molecule has 1 atom stereocenters. The summed E-state index contributed by atoms with van der Waals surface area (Å²) in [6.45, 7) is 6.77. The molecule has 2 N–H and O–H groups in total. The maximum atomic E-state index is 13.8. The first-order chi connectivity index (χ1) is 10.6. The van der Waals surface area contributed by atoms with E-state index in [0.29, 0.717) is 19.7 Å². The van der Waals surface area contributed by atoms with E-state index in [1.54, 1.807) is 6.07 Å². The Morgan fingerprint density at radius 2 is 2.32 bits per heavy atom. The van der Waals surface area contributed by atoms with Gasteiger partial charge in [0, 0.05) is 19.6 Å². The molecule has 1 aliphatic rings. The van der Waals surface area contributed by atoms with E-state index in [9.17, 15) is 9.50 Å². The first-order valence-electron chi connectivity index (χ1n) is 7.76. The van der Waals surface area contributed by atoms with Crippen LogP contribution in [0.1, 0.15) is 25.8 Å². The average Bonchev–Trinajstić information content (AvgIpc) is 2.92. The molecule has 1 saturated heterocycles. The van der Waals surface area contributed by atoms with Crippen LogP contribution < -0.4 is 10.1 Å². The molecule has 0 aliphatic carbocycles. The van der Waals surface area contributed by atoms with Crippen LogP contribution in [0.25, 0.3) is 0 Å². The second-order valence-electron chi connectivity index (χ2n) is 5.26. The molecule has 22 heavy (non-hydrogen) atoms. The van der Waals surface area contributed by atoms with Crippen LogP contribution in [0.5, 0.6) is 5.75 Å². The molecule has 0 saturated carbocycles. The van der Waals surface area contributed by atoms with Crippen LogP contribution in [-0.2, 0) is 6.54 Å². The molecule has 1 fully saturated rings. The number of hydrogen-bond donors (Lipinski definition) is 2. The molecular weight excluding hydrogens is 285 g/mol. The minimum atomic E-state index is -0.365. The Labute approximate surface area is 130 Å². The number of likely N-dealkylation sites (tertiary alicyclic amines) is 1. The number of nitrogens with one attached hydrogen (secondary N) is 1. The molecule has 1 aromatic carbocycles. The minimum absolute atomic E-state index is 0.268. The van der Waals surface area contributed by atoms with Gasteiger partial charge in [0.15, 0.2) is 17.5 Å². The van der Waals surface area contributed by atoms with Crippen LogP contribution in [0.2, 0.25) is 0 Å². The zero-order valence-corrected chi connectivity index (χ0v) is 13.2. The van der Waals surface area contributed by atoms with Crippen LogP contribution in [0.4, 0.5) is 4.39 Å². The molecule has 0 radical (unpaired) electrons. The van der Waals surface area contributed by atoms with Crippen molar-refractivity contribution in [3.05, 3.63) is 29.6 Å².